The van der Waals surface area contributed by atoms with E-state index in [2.05, 4.69) is 38.1 Å². The Balaban J connectivity index is 1.93. The summed E-state index contributed by atoms with van der Waals surface area (Å²) in [4.78, 5) is 12.0. The summed E-state index contributed by atoms with van der Waals surface area (Å²) in [7, 11) is 0.382. The van der Waals surface area contributed by atoms with Crippen LogP contribution < -0.4 is 15.3 Å². The summed E-state index contributed by atoms with van der Waals surface area (Å²) in [5.41, 5.74) is 4.27. The van der Waals surface area contributed by atoms with E-state index in [0.717, 1.165) is 33.0 Å². The van der Waals surface area contributed by atoms with Crippen molar-refractivity contribution in [2.24, 2.45) is 0 Å². The third-order valence-electron chi connectivity index (χ3n) is 4.22. The first-order valence-electron chi connectivity index (χ1n) is 8.69. The highest BCUT2D eigenvalue weighted by Crippen LogP contribution is 2.26. The fraction of sp³-hybridized carbons (Fsp3) is 0.174. The Morgan fingerprint density at radius 3 is 2.35 bits per heavy atom. The molecule has 0 aliphatic heterocycles. The van der Waals surface area contributed by atoms with Crippen molar-refractivity contribution in [3.8, 4) is 5.75 Å². The molecule has 1 unspecified atom stereocenters. The Labute approximate surface area is 157 Å². The lowest BCUT2D eigenvalue weighted by Gasteiger charge is -2.16. The highest BCUT2D eigenvalue weighted by atomic mass is 31.1. The Bertz CT molecular complexity index is 917. The summed E-state index contributed by atoms with van der Waals surface area (Å²) in [5, 5.41) is 2.21. The van der Waals surface area contributed by atoms with Crippen molar-refractivity contribution < 1.29 is 9.53 Å². The molecule has 0 heterocycles. The summed E-state index contributed by atoms with van der Waals surface area (Å²) >= 11 is 0. The Morgan fingerprint density at radius 2 is 1.62 bits per heavy atom. The molecule has 0 N–H and O–H groups in total. The first-order valence-corrected chi connectivity index (χ1v) is 9.69. The second-order valence-corrected chi connectivity index (χ2v) is 7.79. The summed E-state index contributed by atoms with van der Waals surface area (Å²) < 4.78 is 6.20. The minimum Gasteiger partial charge on any atom is -0.488 e. The van der Waals surface area contributed by atoms with Crippen LogP contribution in [0.15, 0.2) is 66.7 Å². The van der Waals surface area contributed by atoms with Gasteiger partial charge in [-0.05, 0) is 48.8 Å². The second-order valence-electron chi connectivity index (χ2n) is 6.46. The maximum atomic E-state index is 12.0. The van der Waals surface area contributed by atoms with E-state index in [0.29, 0.717) is 15.2 Å². The molecule has 3 heteroatoms. The van der Waals surface area contributed by atoms with Gasteiger partial charge in [-0.2, -0.15) is 0 Å². The maximum absolute atomic E-state index is 12.0. The van der Waals surface area contributed by atoms with Gasteiger partial charge < -0.3 is 4.74 Å². The van der Waals surface area contributed by atoms with Crippen molar-refractivity contribution in [3.05, 3.63) is 89.0 Å². The van der Waals surface area contributed by atoms with Crippen molar-refractivity contribution >= 4 is 25.0 Å². The summed E-state index contributed by atoms with van der Waals surface area (Å²) in [6, 6.07) is 22.3. The largest absolute Gasteiger partial charge is 0.488 e. The molecule has 0 fully saturated rings. The molecule has 0 aromatic heterocycles. The van der Waals surface area contributed by atoms with Crippen LogP contribution in [0.25, 0.3) is 0 Å². The van der Waals surface area contributed by atoms with E-state index in [1.165, 1.54) is 5.56 Å². The molecule has 3 rings (SSSR count). The fourth-order valence-corrected chi connectivity index (χ4v) is 4.56. The molecular formula is C23H23O2P. The van der Waals surface area contributed by atoms with Crippen molar-refractivity contribution in [2.45, 2.75) is 27.4 Å². The van der Waals surface area contributed by atoms with Gasteiger partial charge in [0.1, 0.15) is 12.4 Å². The molecule has 0 spiro atoms. The molecule has 3 aromatic rings. The van der Waals surface area contributed by atoms with Gasteiger partial charge in [-0.3, -0.25) is 4.79 Å². The summed E-state index contributed by atoms with van der Waals surface area (Å²) in [5.74, 6) is 1.03. The van der Waals surface area contributed by atoms with E-state index in [1.54, 1.807) is 6.92 Å². The minimum atomic E-state index is 0.101. The Hall–Kier alpha value is -2.44. The van der Waals surface area contributed by atoms with Gasteiger partial charge in [0, 0.05) is 10.9 Å². The third-order valence-corrected chi connectivity index (χ3v) is 5.57. The van der Waals surface area contributed by atoms with Crippen LogP contribution in [0.4, 0.5) is 0 Å². The average Bonchev–Trinajstić information content (AvgIpc) is 2.62. The first-order chi connectivity index (χ1) is 12.5. The van der Waals surface area contributed by atoms with Crippen LogP contribution in [0.3, 0.4) is 0 Å². The van der Waals surface area contributed by atoms with E-state index < -0.39 is 0 Å². The molecule has 0 bridgehead atoms. The monoisotopic (exact) mass is 362 g/mol. The van der Waals surface area contributed by atoms with E-state index in [4.69, 9.17) is 4.74 Å². The Morgan fingerprint density at radius 1 is 0.923 bits per heavy atom. The smallest absolute Gasteiger partial charge is 0.160 e. The number of benzene rings is 3. The van der Waals surface area contributed by atoms with Crippen LogP contribution in [0, 0.1) is 13.8 Å². The van der Waals surface area contributed by atoms with Gasteiger partial charge in [0.25, 0.3) is 0 Å². The number of hydrogen-bond donors (Lipinski definition) is 0. The highest BCUT2D eigenvalue weighted by Gasteiger charge is 2.13. The topological polar surface area (TPSA) is 26.3 Å². The zero-order valence-electron chi connectivity index (χ0n) is 15.4. The van der Waals surface area contributed by atoms with Crippen molar-refractivity contribution in [2.75, 3.05) is 0 Å². The third kappa shape index (κ3) is 4.39. The predicted molar refractivity (Wildman–Crippen MR) is 111 cm³/mol. The maximum Gasteiger partial charge on any atom is 0.160 e. The summed E-state index contributed by atoms with van der Waals surface area (Å²) in [6.45, 7) is 6.34. The number of hydrogen-bond acceptors (Lipinski definition) is 2. The number of rotatable bonds is 6. The molecule has 0 amide bonds. The molecule has 0 aliphatic rings. The predicted octanol–water partition coefficient (Wildman–Crippen LogP) is 4.71. The van der Waals surface area contributed by atoms with E-state index in [1.807, 2.05) is 42.5 Å². The molecule has 0 saturated heterocycles. The molecule has 26 heavy (non-hydrogen) atoms. The van der Waals surface area contributed by atoms with E-state index in [-0.39, 0.29) is 5.78 Å². The number of aryl methyl sites for hydroxylation is 2. The quantitative estimate of drug-likeness (QED) is 0.469. The van der Waals surface area contributed by atoms with Crippen LogP contribution in [0.5, 0.6) is 5.75 Å². The minimum absolute atomic E-state index is 0.101. The first kappa shape index (κ1) is 18.4. The lowest BCUT2D eigenvalue weighted by molar-refractivity contribution is 0.101. The van der Waals surface area contributed by atoms with Gasteiger partial charge in [-0.15, -0.1) is 0 Å². The van der Waals surface area contributed by atoms with Gasteiger partial charge >= 0.3 is 0 Å². The summed E-state index contributed by atoms with van der Waals surface area (Å²) in [6.07, 6.45) is 0. The molecule has 0 aliphatic carbocycles. The molecule has 0 radical (unpaired) electrons. The molecule has 3 aromatic carbocycles. The van der Waals surface area contributed by atoms with Crippen LogP contribution in [-0.2, 0) is 6.61 Å². The van der Waals surface area contributed by atoms with Crippen LogP contribution in [0.2, 0.25) is 0 Å². The van der Waals surface area contributed by atoms with Gasteiger partial charge in [-0.1, -0.05) is 69.2 Å². The van der Waals surface area contributed by atoms with Gasteiger partial charge in [-0.25, -0.2) is 0 Å². The lowest BCUT2D eigenvalue weighted by Crippen LogP contribution is -2.15. The van der Waals surface area contributed by atoms with Gasteiger partial charge in [0.2, 0.25) is 0 Å². The standard InChI is InChI=1S/C23H23O2P/c1-16-13-17(2)23(25-15-19-9-5-4-6-10-19)22(14-16)26-21-12-8-7-11-20(21)18(3)24/h4-14,26H,15H2,1-3H3. The number of ether oxygens (including phenoxy) is 1. The van der Waals surface area contributed by atoms with Crippen LogP contribution >= 0.6 is 8.58 Å². The number of ketones is 1. The van der Waals surface area contributed by atoms with E-state index >= 15 is 0 Å². The molecular weight excluding hydrogens is 339 g/mol. The number of carbonyl (C=O) groups excluding carboxylic acids is 1. The average molecular weight is 362 g/mol. The number of Topliss-reactive ketones (excluding diaryl/α,β-unsaturated/α-hetero) is 1. The van der Waals surface area contributed by atoms with Crippen LogP contribution in [-0.4, -0.2) is 5.78 Å². The number of carbonyl (C=O) groups is 1. The molecule has 1 atom stereocenters. The highest BCUT2D eigenvalue weighted by molar-refractivity contribution is 7.56. The van der Waals surface area contributed by atoms with Crippen molar-refractivity contribution in [3.63, 3.8) is 0 Å². The molecule has 132 valence electrons. The van der Waals surface area contributed by atoms with Gasteiger partial charge in [0.05, 0.1) is 0 Å². The van der Waals surface area contributed by atoms with E-state index in [9.17, 15) is 4.79 Å². The normalized spacial score (nSPS) is 11.0. The molecule has 0 saturated carbocycles. The molecule has 2 nitrogen and oxygen atoms in total. The van der Waals surface area contributed by atoms with Gasteiger partial charge in [0.15, 0.2) is 5.78 Å². The Kier molecular flexibility index (Phi) is 5.85. The lowest BCUT2D eigenvalue weighted by atomic mass is 10.1. The van der Waals surface area contributed by atoms with Crippen molar-refractivity contribution in [1.82, 2.24) is 0 Å². The van der Waals surface area contributed by atoms with Crippen molar-refractivity contribution in [1.29, 1.82) is 0 Å². The fourth-order valence-electron chi connectivity index (χ4n) is 3.01. The second kappa shape index (κ2) is 8.29. The van der Waals surface area contributed by atoms with Crippen LogP contribution in [0.1, 0.15) is 34.0 Å². The zero-order valence-corrected chi connectivity index (χ0v) is 16.4. The SMILES string of the molecule is CC(=O)c1ccccc1Pc1cc(C)cc(C)c1OCc1ccccc1. The zero-order chi connectivity index (χ0) is 18.5.